The molecule has 17 nitrogen and oxygen atoms in total. The Labute approximate surface area is 330 Å². The zero-order chi connectivity index (χ0) is 45.4. The Hall–Kier alpha value is -6.68. The summed E-state index contributed by atoms with van der Waals surface area (Å²) in [6.07, 6.45) is -13.8. The third kappa shape index (κ3) is 14.0. The van der Waals surface area contributed by atoms with Crippen molar-refractivity contribution in [2.75, 3.05) is 22.5 Å². The largest absolute Gasteiger partial charge is 0.490 e. The number of carbonyl (C=O) groups excluding carboxylic acids is 1. The quantitative estimate of drug-likeness (QED) is 0.110. The fourth-order valence-electron chi connectivity index (χ4n) is 4.49. The average Bonchev–Trinajstić information content (AvgIpc) is 3.57. The molecule has 2 aliphatic rings. The molecule has 6 N–H and O–H groups in total. The van der Waals surface area contributed by atoms with Crippen LogP contribution in [0.25, 0.3) is 0 Å². The number of aryl methyl sites for hydroxylation is 2. The van der Waals surface area contributed by atoms with Crippen molar-refractivity contribution < 1.29 is 87.2 Å². The number of aromatic nitrogens is 6. The van der Waals surface area contributed by atoms with Gasteiger partial charge in [0.2, 0.25) is 11.8 Å². The van der Waals surface area contributed by atoms with Crippen LogP contribution < -0.4 is 16.0 Å². The standard InChI is InChI=1S/C24H20ClF3N10O.3C2HF3O2/c25-17-11-30-22-32-16-7-13(9-29-10-16)1-2-14-8-15(31-20(17)34-22)3-4-18(14)33-23(39)37-5-6-38-19(12-37)35-36-21(38)24(26,27)28;3*3-2(4,5)1(6)7/h3-4,7-11H,1-2,5-6,12H2,(H,33,39)(H2,30,31,32,34);3*(H,6,7). The number of hydrogen-bond acceptors (Lipinski definition) is 11. The van der Waals surface area contributed by atoms with E-state index in [1.807, 2.05) is 12.1 Å². The predicted molar refractivity (Wildman–Crippen MR) is 177 cm³/mol. The van der Waals surface area contributed by atoms with Crippen LogP contribution >= 0.6 is 11.6 Å². The molecule has 326 valence electrons. The van der Waals surface area contributed by atoms with Gasteiger partial charge in [-0.2, -0.15) is 57.7 Å². The zero-order valence-corrected chi connectivity index (χ0v) is 29.9. The summed E-state index contributed by atoms with van der Waals surface area (Å²) >= 11 is 6.32. The molecule has 2 amide bonds. The second-order valence-electron chi connectivity index (χ2n) is 11.4. The number of fused-ring (bicyclic) bond motifs is 7. The van der Waals surface area contributed by atoms with Crippen molar-refractivity contribution in [3.05, 3.63) is 70.7 Å². The van der Waals surface area contributed by atoms with Crippen molar-refractivity contribution in [1.29, 1.82) is 0 Å². The molecule has 0 fully saturated rings. The maximum Gasteiger partial charge on any atom is 0.490 e. The smallest absolute Gasteiger partial charge is 0.475 e. The lowest BCUT2D eigenvalue weighted by atomic mass is 10.0. The Bertz CT molecular complexity index is 2140. The van der Waals surface area contributed by atoms with Crippen LogP contribution in [0.4, 0.5) is 86.3 Å². The number of carboxylic acids is 3. The number of rotatable bonds is 1. The van der Waals surface area contributed by atoms with E-state index in [0.717, 1.165) is 15.7 Å². The number of alkyl halides is 12. The lowest BCUT2D eigenvalue weighted by molar-refractivity contribution is -0.193. The number of halogens is 13. The fourth-order valence-corrected chi connectivity index (χ4v) is 4.63. The van der Waals surface area contributed by atoms with Gasteiger partial charge in [-0.15, -0.1) is 10.2 Å². The van der Waals surface area contributed by atoms with Gasteiger partial charge in [-0.1, -0.05) is 11.6 Å². The Morgan fingerprint density at radius 2 is 1.32 bits per heavy atom. The van der Waals surface area contributed by atoms with Gasteiger partial charge in [-0.25, -0.2) is 24.2 Å². The number of aliphatic carboxylic acids is 3. The number of hydrogen-bond donors (Lipinski definition) is 6. The fraction of sp³-hybridized carbons (Fsp3) is 0.300. The summed E-state index contributed by atoms with van der Waals surface area (Å²) in [5.74, 6) is -8.50. The lowest BCUT2D eigenvalue weighted by Gasteiger charge is -2.28. The Morgan fingerprint density at radius 1 is 0.733 bits per heavy atom. The van der Waals surface area contributed by atoms with Crippen LogP contribution in [0, 0.1) is 0 Å². The molecule has 3 aromatic heterocycles. The van der Waals surface area contributed by atoms with Crippen LogP contribution in [0.3, 0.4) is 0 Å². The number of anilines is 5. The van der Waals surface area contributed by atoms with E-state index in [4.69, 9.17) is 41.3 Å². The van der Waals surface area contributed by atoms with E-state index in [9.17, 15) is 57.5 Å². The monoisotopic (exact) mass is 898 g/mol. The molecule has 5 heterocycles. The van der Waals surface area contributed by atoms with E-state index >= 15 is 0 Å². The van der Waals surface area contributed by atoms with Gasteiger partial charge in [0.25, 0.3) is 0 Å². The van der Waals surface area contributed by atoms with Crippen molar-refractivity contribution in [3.8, 4) is 0 Å². The van der Waals surface area contributed by atoms with Crippen molar-refractivity contribution in [3.63, 3.8) is 0 Å². The van der Waals surface area contributed by atoms with Crippen LogP contribution in [0.1, 0.15) is 22.8 Å². The van der Waals surface area contributed by atoms with E-state index in [2.05, 4.69) is 41.1 Å². The highest BCUT2D eigenvalue weighted by Gasteiger charge is 2.41. The summed E-state index contributed by atoms with van der Waals surface area (Å²) in [6.45, 7) is -0.0712. The van der Waals surface area contributed by atoms with Crippen molar-refractivity contribution >= 4 is 64.4 Å². The number of benzene rings is 1. The first kappa shape index (κ1) is 47.7. The molecule has 0 radical (unpaired) electrons. The third-order valence-corrected chi connectivity index (χ3v) is 7.39. The molecule has 1 aromatic carbocycles. The highest BCUT2D eigenvalue weighted by molar-refractivity contribution is 6.32. The second-order valence-corrected chi connectivity index (χ2v) is 11.9. The molecule has 6 bridgehead atoms. The number of pyridine rings is 1. The number of carbonyl (C=O) groups is 4. The number of nitrogens with one attached hydrogen (secondary N) is 3. The van der Waals surface area contributed by atoms with Gasteiger partial charge in [0.1, 0.15) is 5.02 Å². The summed E-state index contributed by atoms with van der Waals surface area (Å²) in [6, 6.07) is 6.91. The Balaban J connectivity index is 0.000000377. The van der Waals surface area contributed by atoms with Crippen LogP contribution in [0.15, 0.2) is 42.9 Å². The topological polar surface area (TPSA) is 238 Å². The maximum absolute atomic E-state index is 13.2. The first-order chi connectivity index (χ1) is 27.6. The molecule has 6 rings (SSSR count). The summed E-state index contributed by atoms with van der Waals surface area (Å²) < 4.78 is 136. The molecule has 0 atom stereocenters. The highest BCUT2D eigenvalue weighted by Crippen LogP contribution is 2.31. The van der Waals surface area contributed by atoms with Gasteiger partial charge < -0.3 is 40.7 Å². The van der Waals surface area contributed by atoms with Gasteiger partial charge in [0.05, 0.1) is 24.6 Å². The lowest BCUT2D eigenvalue weighted by Crippen LogP contribution is -2.41. The van der Waals surface area contributed by atoms with Crippen molar-refractivity contribution in [2.24, 2.45) is 0 Å². The zero-order valence-electron chi connectivity index (χ0n) is 29.1. The van der Waals surface area contributed by atoms with Crippen LogP contribution in [-0.4, -0.2) is 98.9 Å². The van der Waals surface area contributed by atoms with Gasteiger partial charge >= 0.3 is 48.6 Å². The van der Waals surface area contributed by atoms with Crippen molar-refractivity contribution in [1.82, 2.24) is 34.6 Å². The molecule has 0 spiro atoms. The van der Waals surface area contributed by atoms with Gasteiger partial charge in [0, 0.05) is 30.7 Å². The summed E-state index contributed by atoms with van der Waals surface area (Å²) in [7, 11) is 0. The van der Waals surface area contributed by atoms with E-state index in [-0.39, 0.29) is 25.5 Å². The minimum Gasteiger partial charge on any atom is -0.475 e. The Kier molecular flexibility index (Phi) is 15.0. The van der Waals surface area contributed by atoms with Crippen molar-refractivity contribution in [2.45, 2.75) is 50.6 Å². The number of carboxylic acid groups (broad SMARTS) is 3. The van der Waals surface area contributed by atoms with Crippen LogP contribution in [0.5, 0.6) is 0 Å². The number of nitrogens with zero attached hydrogens (tertiary/aromatic N) is 7. The van der Waals surface area contributed by atoms with E-state index in [1.54, 1.807) is 24.5 Å². The molecular formula is C30H23ClF12N10O7. The van der Waals surface area contributed by atoms with Gasteiger partial charge in [0.15, 0.2) is 11.6 Å². The summed E-state index contributed by atoms with van der Waals surface area (Å²) in [5, 5.41) is 37.8. The maximum atomic E-state index is 13.2. The first-order valence-electron chi connectivity index (χ1n) is 15.6. The molecular weight excluding hydrogens is 876 g/mol. The number of amides is 2. The molecule has 2 aliphatic heterocycles. The molecule has 60 heavy (non-hydrogen) atoms. The summed E-state index contributed by atoms with van der Waals surface area (Å²) in [4.78, 5) is 54.2. The van der Waals surface area contributed by atoms with E-state index < -0.39 is 54.5 Å². The van der Waals surface area contributed by atoms with Gasteiger partial charge in [-0.3, -0.25) is 4.98 Å². The Morgan fingerprint density at radius 3 is 1.87 bits per heavy atom. The molecule has 4 aromatic rings. The highest BCUT2D eigenvalue weighted by atomic mass is 35.5. The van der Waals surface area contributed by atoms with Crippen LogP contribution in [-0.2, 0) is 46.5 Å². The van der Waals surface area contributed by atoms with Gasteiger partial charge in [-0.05, 0) is 48.2 Å². The normalized spacial score (nSPS) is 13.4. The van der Waals surface area contributed by atoms with E-state index in [0.29, 0.717) is 46.7 Å². The first-order valence-corrected chi connectivity index (χ1v) is 16.0. The number of urea groups is 1. The SMILES string of the molecule is O=C(Nc1ccc2cc1CCc1cncc(c1)Nc1ncc(Cl)c(n1)N2)N1CCn2c(nnc2C(F)(F)F)C1.O=C(O)C(F)(F)F.O=C(O)C(F)(F)F.O=C(O)C(F)(F)F. The molecule has 0 saturated heterocycles. The minimum atomic E-state index is -5.08. The molecule has 30 heteroatoms. The third-order valence-electron chi connectivity index (χ3n) is 7.11. The second kappa shape index (κ2) is 18.9. The molecule has 0 saturated carbocycles. The minimum absolute atomic E-state index is 0.0562. The molecule has 0 aliphatic carbocycles. The molecule has 0 unspecified atom stereocenters. The van der Waals surface area contributed by atoms with Crippen LogP contribution in [0.2, 0.25) is 5.02 Å². The van der Waals surface area contributed by atoms with E-state index in [1.165, 1.54) is 11.1 Å². The predicted octanol–water partition coefficient (Wildman–Crippen LogP) is 6.67. The average molecular weight is 899 g/mol. The summed E-state index contributed by atoms with van der Waals surface area (Å²) in [5.41, 5.74) is 3.77.